The molecule has 0 aliphatic carbocycles. The number of halogens is 2. The van der Waals surface area contributed by atoms with Crippen LogP contribution in [0.3, 0.4) is 0 Å². The van der Waals surface area contributed by atoms with Crippen LogP contribution in [0.25, 0.3) is 22.2 Å². The number of nitrogens with zero attached hydrogens (tertiary/aromatic N) is 1. The zero-order chi connectivity index (χ0) is 15.9. The van der Waals surface area contributed by atoms with E-state index in [2.05, 4.69) is 9.72 Å². The zero-order valence-electron chi connectivity index (χ0n) is 11.4. The van der Waals surface area contributed by atoms with Gasteiger partial charge in [0.25, 0.3) is 0 Å². The Morgan fingerprint density at radius 1 is 1.32 bits per heavy atom. The third-order valence-corrected chi connectivity index (χ3v) is 3.90. The lowest BCUT2D eigenvalue weighted by Gasteiger charge is -2.09. The molecule has 2 aromatic heterocycles. The maximum absolute atomic E-state index is 11.8. The lowest BCUT2D eigenvalue weighted by atomic mass is 10.1. The van der Waals surface area contributed by atoms with Crippen LogP contribution in [-0.2, 0) is 4.74 Å². The van der Waals surface area contributed by atoms with Crippen molar-refractivity contribution in [2.75, 3.05) is 12.8 Å². The van der Waals surface area contributed by atoms with E-state index in [-0.39, 0.29) is 16.4 Å². The van der Waals surface area contributed by atoms with Crippen molar-refractivity contribution in [3.63, 3.8) is 0 Å². The predicted molar refractivity (Wildman–Crippen MR) is 85.2 cm³/mol. The summed E-state index contributed by atoms with van der Waals surface area (Å²) >= 11 is 12.1. The molecule has 1 aromatic carbocycles. The van der Waals surface area contributed by atoms with Crippen molar-refractivity contribution in [1.82, 2.24) is 4.98 Å². The lowest BCUT2D eigenvalue weighted by molar-refractivity contribution is 0.0594. The molecular weight excluding hydrogens is 327 g/mol. The van der Waals surface area contributed by atoms with Crippen molar-refractivity contribution >= 4 is 45.8 Å². The van der Waals surface area contributed by atoms with Gasteiger partial charge in [-0.25, -0.2) is 9.78 Å². The van der Waals surface area contributed by atoms with Gasteiger partial charge in [-0.3, -0.25) is 0 Å². The minimum absolute atomic E-state index is 0.0363. The van der Waals surface area contributed by atoms with Gasteiger partial charge in [-0.05, 0) is 18.2 Å². The van der Waals surface area contributed by atoms with E-state index in [1.165, 1.54) is 13.4 Å². The summed E-state index contributed by atoms with van der Waals surface area (Å²) in [5, 5.41) is 1.31. The molecule has 0 radical (unpaired) electrons. The van der Waals surface area contributed by atoms with Crippen molar-refractivity contribution in [2.45, 2.75) is 0 Å². The van der Waals surface area contributed by atoms with E-state index < -0.39 is 5.97 Å². The standard InChI is InChI=1S/C15H10Cl2N2O3/c1-21-15(20)13-12(17)10(18)6-11(19-13)7-2-3-9(16)14-8(7)4-5-22-14/h2-6H,1H3,(H2,18,19). The van der Waals surface area contributed by atoms with Crippen LogP contribution in [0, 0.1) is 0 Å². The molecule has 0 unspecified atom stereocenters. The number of hydrogen-bond acceptors (Lipinski definition) is 5. The fourth-order valence-electron chi connectivity index (χ4n) is 2.17. The average molecular weight is 337 g/mol. The van der Waals surface area contributed by atoms with Crippen LogP contribution in [-0.4, -0.2) is 18.1 Å². The van der Waals surface area contributed by atoms with Gasteiger partial charge in [0.2, 0.25) is 0 Å². The Labute approximate surface area is 135 Å². The maximum Gasteiger partial charge on any atom is 0.358 e. The number of benzene rings is 1. The minimum atomic E-state index is -0.657. The van der Waals surface area contributed by atoms with Crippen molar-refractivity contribution in [3.8, 4) is 11.3 Å². The maximum atomic E-state index is 11.8. The smallest absolute Gasteiger partial charge is 0.358 e. The van der Waals surface area contributed by atoms with Crippen molar-refractivity contribution in [1.29, 1.82) is 0 Å². The summed E-state index contributed by atoms with van der Waals surface area (Å²) in [4.78, 5) is 16.0. The first kappa shape index (κ1) is 14.7. The van der Waals surface area contributed by atoms with E-state index in [9.17, 15) is 4.79 Å². The molecule has 0 bridgehead atoms. The highest BCUT2D eigenvalue weighted by Gasteiger charge is 2.19. The van der Waals surface area contributed by atoms with Crippen LogP contribution in [0.1, 0.15) is 10.5 Å². The second-order valence-electron chi connectivity index (χ2n) is 4.51. The molecule has 2 N–H and O–H groups in total. The van der Waals surface area contributed by atoms with E-state index in [1.54, 1.807) is 24.3 Å². The van der Waals surface area contributed by atoms with Crippen LogP contribution < -0.4 is 5.73 Å². The van der Waals surface area contributed by atoms with Gasteiger partial charge in [-0.15, -0.1) is 0 Å². The summed E-state index contributed by atoms with van der Waals surface area (Å²) in [6.45, 7) is 0. The number of nitrogen functional groups attached to an aromatic ring is 1. The molecule has 2 heterocycles. The molecule has 0 atom stereocenters. The second-order valence-corrected chi connectivity index (χ2v) is 5.29. The third kappa shape index (κ3) is 2.28. The normalized spacial score (nSPS) is 10.9. The van der Waals surface area contributed by atoms with Crippen molar-refractivity contribution in [3.05, 3.63) is 46.3 Å². The third-order valence-electron chi connectivity index (χ3n) is 3.21. The molecular formula is C15H10Cl2N2O3. The Bertz CT molecular complexity index is 890. The van der Waals surface area contributed by atoms with Crippen molar-refractivity contribution in [2.24, 2.45) is 0 Å². The van der Waals surface area contributed by atoms with Gasteiger partial charge in [0, 0.05) is 10.9 Å². The fourth-order valence-corrected chi connectivity index (χ4v) is 2.55. The van der Waals surface area contributed by atoms with Gasteiger partial charge in [0.15, 0.2) is 11.3 Å². The number of ether oxygens (including phenoxy) is 1. The number of carbonyl (C=O) groups is 1. The number of rotatable bonds is 2. The first-order chi connectivity index (χ1) is 10.5. The summed E-state index contributed by atoms with van der Waals surface area (Å²) in [6.07, 6.45) is 1.53. The Balaban J connectivity index is 2.27. The molecule has 3 aromatic rings. The van der Waals surface area contributed by atoms with E-state index >= 15 is 0 Å². The predicted octanol–water partition coefficient (Wildman–Crippen LogP) is 4.17. The summed E-state index contributed by atoms with van der Waals surface area (Å²) in [7, 11) is 1.25. The fraction of sp³-hybridized carbons (Fsp3) is 0.0667. The van der Waals surface area contributed by atoms with E-state index in [4.69, 9.17) is 33.4 Å². The minimum Gasteiger partial charge on any atom is -0.464 e. The Kier molecular flexibility index (Phi) is 3.68. The number of carbonyl (C=O) groups excluding carboxylic acids is 1. The highest BCUT2D eigenvalue weighted by Crippen LogP contribution is 2.35. The molecule has 5 nitrogen and oxygen atoms in total. The topological polar surface area (TPSA) is 78.3 Å². The summed E-state index contributed by atoms with van der Waals surface area (Å²) < 4.78 is 10.0. The molecule has 0 spiro atoms. The molecule has 0 aliphatic heterocycles. The number of pyridine rings is 1. The summed E-state index contributed by atoms with van der Waals surface area (Å²) in [6, 6.07) is 6.81. The van der Waals surface area contributed by atoms with Crippen LogP contribution in [0.15, 0.2) is 34.9 Å². The summed E-state index contributed by atoms with van der Waals surface area (Å²) in [5.41, 5.74) is 7.81. The number of aromatic nitrogens is 1. The van der Waals surface area contributed by atoms with E-state index in [0.29, 0.717) is 16.3 Å². The zero-order valence-corrected chi connectivity index (χ0v) is 12.9. The molecule has 22 heavy (non-hydrogen) atoms. The van der Waals surface area contributed by atoms with Crippen LogP contribution in [0.5, 0.6) is 0 Å². The van der Waals surface area contributed by atoms with Gasteiger partial charge < -0.3 is 14.9 Å². The molecule has 0 saturated carbocycles. The van der Waals surface area contributed by atoms with Gasteiger partial charge in [0.05, 0.1) is 34.8 Å². The lowest BCUT2D eigenvalue weighted by Crippen LogP contribution is -2.08. The number of esters is 1. The van der Waals surface area contributed by atoms with Crippen LogP contribution in [0.2, 0.25) is 10.0 Å². The Morgan fingerprint density at radius 2 is 2.09 bits per heavy atom. The highest BCUT2D eigenvalue weighted by molar-refractivity contribution is 6.36. The van der Waals surface area contributed by atoms with Crippen LogP contribution in [0.4, 0.5) is 5.69 Å². The van der Waals surface area contributed by atoms with Crippen molar-refractivity contribution < 1.29 is 13.9 Å². The van der Waals surface area contributed by atoms with Gasteiger partial charge >= 0.3 is 5.97 Å². The quantitative estimate of drug-likeness (QED) is 0.710. The SMILES string of the molecule is COC(=O)c1nc(-c2ccc(Cl)c3occc23)cc(N)c1Cl. The number of furan rings is 1. The van der Waals surface area contributed by atoms with Gasteiger partial charge in [-0.2, -0.15) is 0 Å². The monoisotopic (exact) mass is 336 g/mol. The first-order valence-corrected chi connectivity index (χ1v) is 6.99. The Hall–Kier alpha value is -2.24. The molecule has 0 aliphatic rings. The summed E-state index contributed by atoms with van der Waals surface area (Å²) in [5.74, 6) is -0.657. The molecule has 0 fully saturated rings. The van der Waals surface area contributed by atoms with E-state index in [0.717, 1.165) is 10.9 Å². The molecule has 112 valence electrons. The van der Waals surface area contributed by atoms with Gasteiger partial charge in [-0.1, -0.05) is 29.3 Å². The number of hydrogen-bond donors (Lipinski definition) is 1. The highest BCUT2D eigenvalue weighted by atomic mass is 35.5. The van der Waals surface area contributed by atoms with Gasteiger partial charge in [0.1, 0.15) is 0 Å². The largest absolute Gasteiger partial charge is 0.464 e. The van der Waals surface area contributed by atoms with Crippen LogP contribution >= 0.6 is 23.2 Å². The number of nitrogens with two attached hydrogens (primary N) is 1. The second kappa shape index (κ2) is 5.51. The number of anilines is 1. The molecule has 7 heteroatoms. The first-order valence-electron chi connectivity index (χ1n) is 6.23. The Morgan fingerprint density at radius 3 is 2.82 bits per heavy atom. The number of fused-ring (bicyclic) bond motifs is 1. The molecule has 3 rings (SSSR count). The molecule has 0 saturated heterocycles. The number of methoxy groups -OCH3 is 1. The molecule has 0 amide bonds. The average Bonchev–Trinajstić information content (AvgIpc) is 3.00. The van der Waals surface area contributed by atoms with E-state index in [1.807, 2.05) is 0 Å².